The fourth-order valence-corrected chi connectivity index (χ4v) is 1.78. The Morgan fingerprint density at radius 2 is 1.92 bits per heavy atom. The lowest BCUT2D eigenvalue weighted by atomic mass is 9.81. The summed E-state index contributed by atoms with van der Waals surface area (Å²) in [5.74, 6) is 0.312. The first-order valence-corrected chi connectivity index (χ1v) is 4.70. The van der Waals surface area contributed by atoms with Crippen molar-refractivity contribution in [2.75, 3.05) is 19.1 Å². The molecule has 0 bridgehead atoms. The van der Waals surface area contributed by atoms with Crippen LogP contribution in [0.2, 0.25) is 0 Å². The average Bonchev–Trinajstić information content (AvgIpc) is 2.07. The fraction of sp³-hybridized carbons (Fsp3) is 0.400. The van der Waals surface area contributed by atoms with E-state index in [0.29, 0.717) is 19.1 Å². The number of hydrogen-bond donors (Lipinski definition) is 0. The van der Waals surface area contributed by atoms with Crippen molar-refractivity contribution in [3.8, 4) is 0 Å². The van der Waals surface area contributed by atoms with Gasteiger partial charge in [-0.15, -0.1) is 11.6 Å². The molecule has 0 aliphatic carbocycles. The van der Waals surface area contributed by atoms with Gasteiger partial charge in [-0.25, -0.2) is 4.39 Å². The topological polar surface area (TPSA) is 9.23 Å². The smallest absolute Gasteiger partial charge is 0.123 e. The number of ether oxygens (including phenoxy) is 1. The van der Waals surface area contributed by atoms with E-state index in [-0.39, 0.29) is 11.2 Å². The highest BCUT2D eigenvalue weighted by Crippen LogP contribution is 2.33. The first-order valence-electron chi connectivity index (χ1n) is 4.17. The lowest BCUT2D eigenvalue weighted by Gasteiger charge is -2.40. The summed E-state index contributed by atoms with van der Waals surface area (Å²) in [6, 6.07) is 6.48. The fourth-order valence-electron chi connectivity index (χ4n) is 1.47. The number of benzene rings is 1. The summed E-state index contributed by atoms with van der Waals surface area (Å²) in [6.07, 6.45) is 0. The summed E-state index contributed by atoms with van der Waals surface area (Å²) < 4.78 is 17.8. The van der Waals surface area contributed by atoms with Crippen LogP contribution in [0.1, 0.15) is 5.56 Å². The van der Waals surface area contributed by atoms with Crippen molar-refractivity contribution in [1.29, 1.82) is 0 Å². The third kappa shape index (κ3) is 1.45. The van der Waals surface area contributed by atoms with E-state index in [2.05, 4.69) is 0 Å². The van der Waals surface area contributed by atoms with Crippen molar-refractivity contribution >= 4 is 11.6 Å². The third-order valence-electron chi connectivity index (χ3n) is 2.47. The Morgan fingerprint density at radius 1 is 1.31 bits per heavy atom. The Kier molecular flexibility index (Phi) is 2.26. The van der Waals surface area contributed by atoms with Crippen molar-refractivity contribution in [2.24, 2.45) is 0 Å². The van der Waals surface area contributed by atoms with Crippen LogP contribution in [0.15, 0.2) is 24.3 Å². The van der Waals surface area contributed by atoms with Gasteiger partial charge in [0.05, 0.1) is 18.6 Å². The molecule has 1 aromatic rings. The van der Waals surface area contributed by atoms with Gasteiger partial charge in [0.25, 0.3) is 0 Å². The third-order valence-corrected chi connectivity index (χ3v) is 2.98. The Balaban J connectivity index is 2.28. The summed E-state index contributed by atoms with van der Waals surface area (Å²) in [4.78, 5) is 0. The lowest BCUT2D eigenvalue weighted by molar-refractivity contribution is -0.0480. The molecule has 1 aliphatic rings. The SMILES string of the molecule is Fc1ccc(C2(CCl)COC2)cc1. The van der Waals surface area contributed by atoms with Gasteiger partial charge in [0.1, 0.15) is 5.82 Å². The summed E-state index contributed by atoms with van der Waals surface area (Å²) in [5.41, 5.74) is 0.991. The zero-order valence-corrected chi connectivity index (χ0v) is 7.85. The van der Waals surface area contributed by atoms with E-state index in [1.54, 1.807) is 12.1 Å². The Bertz CT molecular complexity index is 287. The van der Waals surface area contributed by atoms with Gasteiger partial charge < -0.3 is 4.74 Å². The van der Waals surface area contributed by atoms with Crippen LogP contribution >= 0.6 is 11.6 Å². The van der Waals surface area contributed by atoms with Crippen LogP contribution in [0, 0.1) is 5.82 Å². The molecule has 0 radical (unpaired) electrons. The molecule has 1 aromatic carbocycles. The van der Waals surface area contributed by atoms with Crippen molar-refractivity contribution in [2.45, 2.75) is 5.41 Å². The maximum Gasteiger partial charge on any atom is 0.123 e. The van der Waals surface area contributed by atoms with Crippen molar-refractivity contribution < 1.29 is 9.13 Å². The lowest BCUT2D eigenvalue weighted by Crippen LogP contribution is -2.48. The summed E-state index contributed by atoms with van der Waals surface area (Å²) in [5, 5.41) is 0. The van der Waals surface area contributed by atoms with Crippen molar-refractivity contribution in [3.05, 3.63) is 35.6 Å². The van der Waals surface area contributed by atoms with Crippen LogP contribution in [-0.2, 0) is 10.2 Å². The quantitative estimate of drug-likeness (QED) is 0.666. The Hall–Kier alpha value is -0.600. The molecule has 2 rings (SSSR count). The zero-order chi connectivity index (χ0) is 9.31. The van der Waals surface area contributed by atoms with E-state index in [1.165, 1.54) is 12.1 Å². The minimum absolute atomic E-state index is 0.0742. The van der Waals surface area contributed by atoms with Gasteiger partial charge in [0, 0.05) is 5.88 Å². The predicted octanol–water partition coefficient (Wildman–Crippen LogP) is 2.33. The van der Waals surface area contributed by atoms with Crippen LogP contribution in [0.3, 0.4) is 0 Å². The van der Waals surface area contributed by atoms with E-state index in [4.69, 9.17) is 16.3 Å². The number of halogens is 2. The van der Waals surface area contributed by atoms with Gasteiger partial charge >= 0.3 is 0 Å². The molecule has 1 fully saturated rings. The second-order valence-corrected chi connectivity index (χ2v) is 3.68. The summed E-state index contributed by atoms with van der Waals surface area (Å²) in [7, 11) is 0. The van der Waals surface area contributed by atoms with E-state index in [1.807, 2.05) is 0 Å². The summed E-state index contributed by atoms with van der Waals surface area (Å²) in [6.45, 7) is 1.28. The van der Waals surface area contributed by atoms with E-state index >= 15 is 0 Å². The van der Waals surface area contributed by atoms with Gasteiger partial charge in [-0.1, -0.05) is 12.1 Å². The summed E-state index contributed by atoms with van der Waals surface area (Å²) >= 11 is 5.86. The highest BCUT2D eigenvalue weighted by atomic mass is 35.5. The second kappa shape index (κ2) is 3.28. The molecule has 70 valence electrons. The first-order chi connectivity index (χ1) is 6.27. The molecule has 1 nitrogen and oxygen atoms in total. The molecule has 1 saturated heterocycles. The second-order valence-electron chi connectivity index (χ2n) is 3.41. The first kappa shape index (κ1) is 8.97. The molecule has 0 aromatic heterocycles. The maximum absolute atomic E-state index is 12.6. The molecule has 1 heterocycles. The zero-order valence-electron chi connectivity index (χ0n) is 7.09. The van der Waals surface area contributed by atoms with E-state index < -0.39 is 0 Å². The Labute approximate surface area is 81.5 Å². The molecule has 13 heavy (non-hydrogen) atoms. The van der Waals surface area contributed by atoms with Crippen LogP contribution in [0.4, 0.5) is 4.39 Å². The van der Waals surface area contributed by atoms with Gasteiger partial charge in [0.2, 0.25) is 0 Å². The number of rotatable bonds is 2. The number of hydrogen-bond acceptors (Lipinski definition) is 1. The maximum atomic E-state index is 12.6. The van der Waals surface area contributed by atoms with E-state index in [0.717, 1.165) is 5.56 Å². The minimum Gasteiger partial charge on any atom is -0.379 e. The van der Waals surface area contributed by atoms with Gasteiger partial charge in [-0.05, 0) is 17.7 Å². The van der Waals surface area contributed by atoms with Gasteiger partial charge in [-0.2, -0.15) is 0 Å². The largest absolute Gasteiger partial charge is 0.379 e. The minimum atomic E-state index is -0.214. The molecule has 0 saturated carbocycles. The molecule has 3 heteroatoms. The van der Waals surface area contributed by atoms with Crippen LogP contribution in [0.25, 0.3) is 0 Å². The number of alkyl halides is 1. The molecule has 0 amide bonds. The predicted molar refractivity (Wildman–Crippen MR) is 49.6 cm³/mol. The molecule has 1 aliphatic heterocycles. The standard InChI is InChI=1S/C10H10ClFO/c11-5-10(6-13-7-10)8-1-3-9(12)4-2-8/h1-4H,5-7H2. The normalized spacial score (nSPS) is 19.5. The van der Waals surface area contributed by atoms with Crippen molar-refractivity contribution in [1.82, 2.24) is 0 Å². The average molecular weight is 201 g/mol. The molecule has 0 atom stereocenters. The van der Waals surface area contributed by atoms with Crippen LogP contribution in [-0.4, -0.2) is 19.1 Å². The molecule has 0 spiro atoms. The monoisotopic (exact) mass is 200 g/mol. The Morgan fingerprint density at radius 3 is 2.31 bits per heavy atom. The molecule has 0 N–H and O–H groups in total. The highest BCUT2D eigenvalue weighted by Gasteiger charge is 2.39. The van der Waals surface area contributed by atoms with Gasteiger partial charge in [-0.3, -0.25) is 0 Å². The van der Waals surface area contributed by atoms with Crippen LogP contribution in [0.5, 0.6) is 0 Å². The molecule has 0 unspecified atom stereocenters. The molecular formula is C10H10ClFO. The highest BCUT2D eigenvalue weighted by molar-refractivity contribution is 6.18. The van der Waals surface area contributed by atoms with Crippen molar-refractivity contribution in [3.63, 3.8) is 0 Å². The molecular weight excluding hydrogens is 191 g/mol. The van der Waals surface area contributed by atoms with E-state index in [9.17, 15) is 4.39 Å². The van der Waals surface area contributed by atoms with Gasteiger partial charge in [0.15, 0.2) is 0 Å². The van der Waals surface area contributed by atoms with Crippen LogP contribution < -0.4 is 0 Å².